The third kappa shape index (κ3) is 3.83. The fraction of sp³-hybridized carbons (Fsp3) is 0.364. The molecule has 0 aliphatic rings. The number of hydrogen-bond acceptors (Lipinski definition) is 3. The fourth-order valence-electron chi connectivity index (χ4n) is 1.31. The van der Waals surface area contributed by atoms with Crippen molar-refractivity contribution in [3.05, 3.63) is 28.2 Å². The Bertz CT molecular complexity index is 368. The molecule has 1 aromatic rings. The minimum absolute atomic E-state index is 0.159. The van der Waals surface area contributed by atoms with E-state index in [1.807, 2.05) is 0 Å². The lowest BCUT2D eigenvalue weighted by molar-refractivity contribution is 0.0698. The number of halogens is 1. The highest BCUT2D eigenvalue weighted by molar-refractivity contribution is 9.10. The van der Waals surface area contributed by atoms with Crippen LogP contribution in [0.2, 0.25) is 0 Å². The topological polar surface area (TPSA) is 69.6 Å². The lowest BCUT2D eigenvalue weighted by Gasteiger charge is -2.09. The maximum Gasteiger partial charge on any atom is 0.337 e. The van der Waals surface area contributed by atoms with Crippen molar-refractivity contribution in [1.82, 2.24) is 0 Å². The Labute approximate surface area is 102 Å². The summed E-state index contributed by atoms with van der Waals surface area (Å²) in [4.78, 5) is 10.9. The van der Waals surface area contributed by atoms with Crippen molar-refractivity contribution in [1.29, 1.82) is 0 Å². The number of carbonyl (C=O) groups is 1. The average Bonchev–Trinajstić information content (AvgIpc) is 2.24. The van der Waals surface area contributed by atoms with Gasteiger partial charge in [-0.3, -0.25) is 0 Å². The number of aliphatic hydroxyl groups excluding tert-OH is 1. The molecule has 0 bridgehead atoms. The zero-order valence-corrected chi connectivity index (χ0v) is 10.3. The second-order valence-electron chi connectivity index (χ2n) is 3.35. The van der Waals surface area contributed by atoms with Crippen LogP contribution in [0, 0.1) is 0 Å². The van der Waals surface area contributed by atoms with Gasteiger partial charge in [0.15, 0.2) is 0 Å². The normalized spacial score (nSPS) is 10.1. The van der Waals surface area contributed by atoms with Crippen LogP contribution < -0.4 is 5.32 Å². The van der Waals surface area contributed by atoms with Gasteiger partial charge in [0, 0.05) is 23.3 Å². The first kappa shape index (κ1) is 13.0. The molecule has 0 radical (unpaired) electrons. The van der Waals surface area contributed by atoms with E-state index < -0.39 is 5.97 Å². The highest BCUT2D eigenvalue weighted by Gasteiger charge is 2.09. The molecule has 16 heavy (non-hydrogen) atoms. The minimum atomic E-state index is -0.947. The van der Waals surface area contributed by atoms with Crippen molar-refractivity contribution >= 4 is 27.6 Å². The van der Waals surface area contributed by atoms with Gasteiger partial charge in [0.25, 0.3) is 0 Å². The first-order valence-electron chi connectivity index (χ1n) is 5.02. The molecule has 0 aliphatic heterocycles. The zero-order chi connectivity index (χ0) is 12.0. The van der Waals surface area contributed by atoms with Gasteiger partial charge in [0.05, 0.1) is 5.56 Å². The Balaban J connectivity index is 2.68. The summed E-state index contributed by atoms with van der Waals surface area (Å²) in [5.74, 6) is -0.947. The Morgan fingerprint density at radius 3 is 2.75 bits per heavy atom. The van der Waals surface area contributed by atoms with Crippen molar-refractivity contribution in [2.45, 2.75) is 12.8 Å². The second kappa shape index (κ2) is 6.50. The average molecular weight is 288 g/mol. The van der Waals surface area contributed by atoms with Crippen LogP contribution in [0.4, 0.5) is 5.69 Å². The molecule has 88 valence electrons. The van der Waals surface area contributed by atoms with Crippen LogP contribution in [0.5, 0.6) is 0 Å². The first-order chi connectivity index (χ1) is 7.65. The lowest BCUT2D eigenvalue weighted by atomic mass is 10.1. The number of aliphatic hydroxyl groups is 1. The van der Waals surface area contributed by atoms with E-state index in [0.717, 1.165) is 10.9 Å². The van der Waals surface area contributed by atoms with Gasteiger partial charge in [-0.1, -0.05) is 15.9 Å². The highest BCUT2D eigenvalue weighted by atomic mass is 79.9. The molecule has 0 aliphatic carbocycles. The number of nitrogens with one attached hydrogen (secondary N) is 1. The largest absolute Gasteiger partial charge is 0.478 e. The van der Waals surface area contributed by atoms with Crippen LogP contribution in [0.25, 0.3) is 0 Å². The molecular weight excluding hydrogens is 274 g/mol. The summed E-state index contributed by atoms with van der Waals surface area (Å²) >= 11 is 3.30. The van der Waals surface area contributed by atoms with E-state index in [0.29, 0.717) is 18.7 Å². The van der Waals surface area contributed by atoms with Gasteiger partial charge in [-0.2, -0.15) is 0 Å². The van der Waals surface area contributed by atoms with Crippen LogP contribution in [0.1, 0.15) is 23.2 Å². The van der Waals surface area contributed by atoms with Gasteiger partial charge in [-0.05, 0) is 31.0 Å². The van der Waals surface area contributed by atoms with Crippen molar-refractivity contribution in [2.24, 2.45) is 0 Å². The van der Waals surface area contributed by atoms with Gasteiger partial charge in [0.1, 0.15) is 0 Å². The van der Waals surface area contributed by atoms with Gasteiger partial charge in [0.2, 0.25) is 0 Å². The Hall–Kier alpha value is -1.07. The molecule has 0 aromatic heterocycles. The first-order valence-corrected chi connectivity index (χ1v) is 5.82. The van der Waals surface area contributed by atoms with E-state index in [1.54, 1.807) is 18.2 Å². The number of benzene rings is 1. The molecule has 0 unspecified atom stereocenters. The summed E-state index contributed by atoms with van der Waals surface area (Å²) in [5.41, 5.74) is 0.854. The third-order valence-electron chi connectivity index (χ3n) is 2.11. The molecule has 0 saturated heterocycles. The lowest BCUT2D eigenvalue weighted by Crippen LogP contribution is -2.08. The third-order valence-corrected chi connectivity index (χ3v) is 2.61. The predicted molar refractivity (Wildman–Crippen MR) is 65.9 cm³/mol. The number of aromatic carboxylic acids is 1. The predicted octanol–water partition coefficient (Wildman–Crippen LogP) is 2.33. The number of carboxylic acids is 1. The molecule has 0 fully saturated rings. The van der Waals surface area contributed by atoms with Gasteiger partial charge in [-0.25, -0.2) is 4.79 Å². The van der Waals surface area contributed by atoms with Crippen LogP contribution in [0.3, 0.4) is 0 Å². The Morgan fingerprint density at radius 1 is 1.38 bits per heavy atom. The van der Waals surface area contributed by atoms with Gasteiger partial charge >= 0.3 is 5.97 Å². The molecule has 3 N–H and O–H groups in total. The number of anilines is 1. The van der Waals surface area contributed by atoms with E-state index in [-0.39, 0.29) is 12.2 Å². The molecule has 0 heterocycles. The van der Waals surface area contributed by atoms with Crippen LogP contribution in [0.15, 0.2) is 22.7 Å². The SMILES string of the molecule is O=C(O)c1ccc(Br)cc1NCCCCO. The van der Waals surface area contributed by atoms with Crippen LogP contribution in [-0.2, 0) is 0 Å². The summed E-state index contributed by atoms with van der Waals surface area (Å²) in [7, 11) is 0. The van der Waals surface area contributed by atoms with E-state index in [2.05, 4.69) is 21.2 Å². The molecular formula is C11H14BrNO3. The summed E-state index contributed by atoms with van der Waals surface area (Å²) in [6, 6.07) is 4.99. The molecule has 1 aromatic carbocycles. The second-order valence-corrected chi connectivity index (χ2v) is 4.27. The van der Waals surface area contributed by atoms with E-state index in [9.17, 15) is 4.79 Å². The Morgan fingerprint density at radius 2 is 2.12 bits per heavy atom. The summed E-state index contributed by atoms with van der Waals surface area (Å²) < 4.78 is 0.835. The standard InChI is InChI=1S/C11H14BrNO3/c12-8-3-4-9(11(15)16)10(7-8)13-5-1-2-6-14/h3-4,7,13-14H,1-2,5-6H2,(H,15,16). The molecule has 4 nitrogen and oxygen atoms in total. The molecule has 0 saturated carbocycles. The fourth-order valence-corrected chi connectivity index (χ4v) is 1.67. The zero-order valence-electron chi connectivity index (χ0n) is 8.74. The van der Waals surface area contributed by atoms with E-state index in [4.69, 9.17) is 10.2 Å². The van der Waals surface area contributed by atoms with Crippen molar-refractivity contribution < 1.29 is 15.0 Å². The molecule has 0 amide bonds. The van der Waals surface area contributed by atoms with Gasteiger partial charge in [-0.15, -0.1) is 0 Å². The summed E-state index contributed by atoms with van der Waals surface area (Å²) in [5, 5.41) is 20.6. The van der Waals surface area contributed by atoms with Crippen molar-refractivity contribution in [3.8, 4) is 0 Å². The smallest absolute Gasteiger partial charge is 0.337 e. The van der Waals surface area contributed by atoms with Crippen LogP contribution in [-0.4, -0.2) is 29.3 Å². The molecule has 0 spiro atoms. The van der Waals surface area contributed by atoms with E-state index >= 15 is 0 Å². The highest BCUT2D eigenvalue weighted by Crippen LogP contribution is 2.21. The number of unbranched alkanes of at least 4 members (excludes halogenated alkanes) is 1. The monoisotopic (exact) mass is 287 g/mol. The van der Waals surface area contributed by atoms with Crippen molar-refractivity contribution in [2.75, 3.05) is 18.5 Å². The van der Waals surface area contributed by atoms with Crippen molar-refractivity contribution in [3.63, 3.8) is 0 Å². The minimum Gasteiger partial charge on any atom is -0.478 e. The number of rotatable bonds is 6. The maximum atomic E-state index is 10.9. The number of hydrogen-bond donors (Lipinski definition) is 3. The van der Waals surface area contributed by atoms with E-state index in [1.165, 1.54) is 0 Å². The number of carboxylic acid groups (broad SMARTS) is 1. The molecule has 5 heteroatoms. The van der Waals surface area contributed by atoms with Gasteiger partial charge < -0.3 is 15.5 Å². The van der Waals surface area contributed by atoms with Crippen LogP contribution >= 0.6 is 15.9 Å². The maximum absolute atomic E-state index is 10.9. The summed E-state index contributed by atoms with van der Waals surface area (Å²) in [6.07, 6.45) is 1.52. The Kier molecular flexibility index (Phi) is 5.28. The summed E-state index contributed by atoms with van der Waals surface area (Å²) in [6.45, 7) is 0.809. The molecule has 1 rings (SSSR count). The molecule has 0 atom stereocenters. The quantitative estimate of drug-likeness (QED) is 0.703.